The maximum Gasteiger partial charge on any atom is 0.358 e. The van der Waals surface area contributed by atoms with Crippen molar-refractivity contribution in [3.05, 3.63) is 59.2 Å². The summed E-state index contributed by atoms with van der Waals surface area (Å²) in [5, 5.41) is 0. The minimum absolute atomic E-state index is 0.0163. The highest BCUT2D eigenvalue weighted by Crippen LogP contribution is 2.47. The molecule has 3 aliphatic rings. The van der Waals surface area contributed by atoms with E-state index in [1.165, 1.54) is 37.8 Å². The van der Waals surface area contributed by atoms with E-state index in [2.05, 4.69) is 6.92 Å². The zero-order valence-corrected chi connectivity index (χ0v) is 22.5. The largest absolute Gasteiger partial charge is 0.358 e. The lowest BCUT2D eigenvalue weighted by Gasteiger charge is -2.40. The monoisotopic (exact) mass is 552 g/mol. The van der Waals surface area contributed by atoms with Crippen LogP contribution in [0.3, 0.4) is 0 Å². The van der Waals surface area contributed by atoms with Gasteiger partial charge >= 0.3 is 6.11 Å². The highest BCUT2D eigenvalue weighted by Gasteiger charge is 2.45. The summed E-state index contributed by atoms with van der Waals surface area (Å²) in [5.74, 6) is -3.69. The van der Waals surface area contributed by atoms with Crippen LogP contribution in [0.25, 0.3) is 11.1 Å². The predicted octanol–water partition coefficient (Wildman–Crippen LogP) is 10.2. The topological polar surface area (TPSA) is 9.23 Å². The molecule has 0 bridgehead atoms. The predicted molar refractivity (Wildman–Crippen MR) is 139 cm³/mol. The van der Waals surface area contributed by atoms with E-state index < -0.39 is 41.4 Å². The van der Waals surface area contributed by atoms with Crippen LogP contribution in [-0.2, 0) is 4.74 Å². The summed E-state index contributed by atoms with van der Waals surface area (Å²) >= 11 is 0. The molecular weight excluding hydrogens is 514 g/mol. The fraction of sp³-hybridized carbons (Fsp3) is 0.625. The lowest BCUT2D eigenvalue weighted by atomic mass is 9.69. The number of ether oxygens (including phenoxy) is 1. The van der Waals surface area contributed by atoms with Gasteiger partial charge < -0.3 is 4.74 Å². The van der Waals surface area contributed by atoms with Crippen molar-refractivity contribution < 1.29 is 31.1 Å². The van der Waals surface area contributed by atoms with Crippen LogP contribution in [0.4, 0.5) is 26.3 Å². The number of rotatable bonds is 6. The summed E-state index contributed by atoms with van der Waals surface area (Å²) in [6.45, 7) is 2.30. The van der Waals surface area contributed by atoms with Gasteiger partial charge in [0, 0.05) is 5.56 Å². The molecule has 214 valence electrons. The summed E-state index contributed by atoms with van der Waals surface area (Å²) in [5.41, 5.74) is 0.595. The quantitative estimate of drug-likeness (QED) is 0.256. The second kappa shape index (κ2) is 11.8. The first-order chi connectivity index (χ1) is 18.6. The fourth-order valence-electron chi connectivity index (χ4n) is 7.25. The molecule has 3 aliphatic carbocycles. The Morgan fingerprint density at radius 3 is 1.79 bits per heavy atom. The van der Waals surface area contributed by atoms with Gasteiger partial charge in [0.1, 0.15) is 5.82 Å². The molecule has 0 unspecified atom stereocenters. The van der Waals surface area contributed by atoms with Crippen LogP contribution in [0.15, 0.2) is 30.3 Å². The molecule has 2 aromatic carbocycles. The van der Waals surface area contributed by atoms with Crippen molar-refractivity contribution in [1.82, 2.24) is 0 Å². The fourth-order valence-corrected chi connectivity index (χ4v) is 7.25. The number of alkyl halides is 2. The highest BCUT2D eigenvalue weighted by atomic mass is 19.3. The Labute approximate surface area is 227 Å². The maximum absolute atomic E-state index is 15.1. The smallest absolute Gasteiger partial charge is 0.317 e. The average Bonchev–Trinajstić information content (AvgIpc) is 2.92. The third-order valence-corrected chi connectivity index (χ3v) is 9.73. The zero-order chi connectivity index (χ0) is 27.7. The van der Waals surface area contributed by atoms with Crippen LogP contribution >= 0.6 is 0 Å². The molecule has 0 amide bonds. The molecule has 1 nitrogen and oxygen atoms in total. The van der Waals surface area contributed by atoms with Gasteiger partial charge in [-0.2, -0.15) is 8.78 Å². The minimum atomic E-state index is -3.13. The third-order valence-electron chi connectivity index (χ3n) is 9.73. The van der Waals surface area contributed by atoms with E-state index >= 15 is 8.78 Å². The molecule has 0 heterocycles. The van der Waals surface area contributed by atoms with Crippen LogP contribution in [0.2, 0.25) is 0 Å². The van der Waals surface area contributed by atoms with Crippen molar-refractivity contribution in [2.24, 2.45) is 23.7 Å². The number of hydrogen-bond acceptors (Lipinski definition) is 1. The molecule has 0 aliphatic heterocycles. The van der Waals surface area contributed by atoms with Gasteiger partial charge in [-0.25, -0.2) is 17.6 Å². The summed E-state index contributed by atoms with van der Waals surface area (Å²) in [7, 11) is 0. The number of halogens is 6. The Hall–Kier alpha value is -2.02. The SMILES string of the molecule is CC1CCC(C2CCC(C(F)(F)OC3CCC(c4ccc(-c5cc(F)c(F)c(F)c5)c(F)c4)CC3)CC2)CC1. The summed E-state index contributed by atoms with van der Waals surface area (Å²) in [4.78, 5) is 0. The van der Waals surface area contributed by atoms with Crippen molar-refractivity contribution in [1.29, 1.82) is 0 Å². The first kappa shape index (κ1) is 28.5. The lowest BCUT2D eigenvalue weighted by molar-refractivity contribution is -0.301. The van der Waals surface area contributed by atoms with E-state index in [4.69, 9.17) is 4.74 Å². The van der Waals surface area contributed by atoms with E-state index in [1.54, 1.807) is 6.07 Å². The standard InChI is InChI=1S/C32H38F6O/c1-19-2-4-20(5-3-19)21-6-11-25(12-7-21)32(37,38)39-26-13-8-22(9-14-26)23-10-15-27(28(33)16-23)24-17-29(34)31(36)30(35)18-24/h10,15-22,25-26H,2-9,11-14H2,1H3. The molecule has 5 rings (SSSR count). The van der Waals surface area contributed by atoms with E-state index in [0.717, 1.165) is 30.9 Å². The molecule has 39 heavy (non-hydrogen) atoms. The molecule has 0 spiro atoms. The molecule has 3 saturated carbocycles. The van der Waals surface area contributed by atoms with Gasteiger partial charge in [-0.15, -0.1) is 0 Å². The molecule has 0 aromatic heterocycles. The first-order valence-corrected chi connectivity index (χ1v) is 14.6. The summed E-state index contributed by atoms with van der Waals surface area (Å²) in [6.07, 6.45) is 6.24. The Kier molecular flexibility index (Phi) is 8.65. The molecule has 7 heteroatoms. The number of benzene rings is 2. The van der Waals surface area contributed by atoms with Crippen molar-refractivity contribution in [2.45, 2.75) is 102 Å². The highest BCUT2D eigenvalue weighted by molar-refractivity contribution is 5.65. The summed E-state index contributed by atoms with van der Waals surface area (Å²) in [6, 6.07) is 5.96. The normalized spacial score (nSPS) is 30.3. The van der Waals surface area contributed by atoms with Crippen molar-refractivity contribution in [3.8, 4) is 11.1 Å². The summed E-state index contributed by atoms with van der Waals surface area (Å²) < 4.78 is 91.0. The minimum Gasteiger partial charge on any atom is -0.317 e. The van der Waals surface area contributed by atoms with E-state index in [1.807, 2.05) is 0 Å². The third kappa shape index (κ3) is 6.49. The lowest BCUT2D eigenvalue weighted by Crippen LogP contribution is -2.39. The van der Waals surface area contributed by atoms with E-state index in [0.29, 0.717) is 55.9 Å². The van der Waals surface area contributed by atoms with Gasteiger partial charge in [-0.3, -0.25) is 0 Å². The Morgan fingerprint density at radius 1 is 0.667 bits per heavy atom. The Morgan fingerprint density at radius 2 is 1.23 bits per heavy atom. The zero-order valence-electron chi connectivity index (χ0n) is 22.5. The molecule has 0 atom stereocenters. The molecule has 3 fully saturated rings. The second-order valence-corrected chi connectivity index (χ2v) is 12.3. The van der Waals surface area contributed by atoms with Crippen molar-refractivity contribution in [2.75, 3.05) is 0 Å². The molecule has 0 saturated heterocycles. The molecule has 2 aromatic rings. The number of hydrogen-bond donors (Lipinski definition) is 0. The van der Waals surface area contributed by atoms with Gasteiger partial charge in [0.25, 0.3) is 0 Å². The van der Waals surface area contributed by atoms with Gasteiger partial charge in [-0.1, -0.05) is 31.9 Å². The van der Waals surface area contributed by atoms with Crippen molar-refractivity contribution >= 4 is 0 Å². The average molecular weight is 553 g/mol. The van der Waals surface area contributed by atoms with E-state index in [-0.39, 0.29) is 17.0 Å². The van der Waals surface area contributed by atoms with Crippen molar-refractivity contribution in [3.63, 3.8) is 0 Å². The van der Waals surface area contributed by atoms with Crippen LogP contribution in [0.1, 0.15) is 95.5 Å². The van der Waals surface area contributed by atoms with E-state index in [9.17, 15) is 17.6 Å². The Balaban J connectivity index is 1.12. The van der Waals surface area contributed by atoms with Crippen LogP contribution < -0.4 is 0 Å². The molecule has 0 radical (unpaired) electrons. The van der Waals surface area contributed by atoms with Crippen LogP contribution in [-0.4, -0.2) is 12.2 Å². The van der Waals surface area contributed by atoms with Gasteiger partial charge in [0.05, 0.1) is 12.0 Å². The van der Waals surface area contributed by atoms with Crippen LogP contribution in [0.5, 0.6) is 0 Å². The first-order valence-electron chi connectivity index (χ1n) is 14.6. The van der Waals surface area contributed by atoms with Gasteiger partial charge in [0.2, 0.25) is 0 Å². The van der Waals surface area contributed by atoms with Crippen LogP contribution in [0, 0.1) is 46.9 Å². The van der Waals surface area contributed by atoms with Gasteiger partial charge in [0.15, 0.2) is 17.5 Å². The molecular formula is C32H38F6O. The second-order valence-electron chi connectivity index (χ2n) is 12.3. The molecule has 0 N–H and O–H groups in total. The Bertz CT molecular complexity index is 1100. The maximum atomic E-state index is 15.1. The van der Waals surface area contributed by atoms with Gasteiger partial charge in [-0.05, 0) is 117 Å².